The van der Waals surface area contributed by atoms with E-state index in [9.17, 15) is 0 Å². The molecule has 1 aliphatic rings. The van der Waals surface area contributed by atoms with Gasteiger partial charge in [0.05, 0.1) is 6.54 Å². The fraction of sp³-hybridized carbons (Fsp3) is 0.500. The second kappa shape index (κ2) is 4.31. The standard InChI is InChI=1S/C8H10BrNOS2/c9-8-5-4-12-2-1-6(5)13-7(8)3-10-11/h10-11H,1-4H2. The number of hydroxylamine groups is 1. The average molecular weight is 280 g/mol. The number of hydrogen-bond donors (Lipinski definition) is 2. The summed E-state index contributed by atoms with van der Waals surface area (Å²) >= 11 is 7.36. The number of thiophene rings is 1. The summed E-state index contributed by atoms with van der Waals surface area (Å²) < 4.78 is 1.20. The van der Waals surface area contributed by atoms with Crippen LogP contribution in [0.5, 0.6) is 0 Å². The van der Waals surface area contributed by atoms with E-state index in [0.717, 1.165) is 5.75 Å². The van der Waals surface area contributed by atoms with Crippen molar-refractivity contribution in [3.05, 3.63) is 19.8 Å². The molecule has 1 aromatic rings. The summed E-state index contributed by atoms with van der Waals surface area (Å²) in [6, 6.07) is 0. The Balaban J connectivity index is 2.33. The molecule has 2 rings (SSSR count). The van der Waals surface area contributed by atoms with Crippen LogP contribution in [-0.4, -0.2) is 11.0 Å². The van der Waals surface area contributed by atoms with Gasteiger partial charge in [-0.25, -0.2) is 5.48 Å². The molecule has 0 saturated heterocycles. The van der Waals surface area contributed by atoms with Gasteiger partial charge in [-0.15, -0.1) is 11.3 Å². The Bertz CT molecular complexity index is 313. The topological polar surface area (TPSA) is 32.3 Å². The van der Waals surface area contributed by atoms with E-state index in [0.29, 0.717) is 6.54 Å². The summed E-state index contributed by atoms with van der Waals surface area (Å²) in [5.41, 5.74) is 3.64. The molecular weight excluding hydrogens is 270 g/mol. The minimum absolute atomic E-state index is 0.545. The van der Waals surface area contributed by atoms with Crippen molar-refractivity contribution < 1.29 is 5.21 Å². The summed E-state index contributed by atoms with van der Waals surface area (Å²) in [7, 11) is 0. The Morgan fingerprint density at radius 1 is 1.54 bits per heavy atom. The van der Waals surface area contributed by atoms with Crippen LogP contribution in [0.3, 0.4) is 0 Å². The highest BCUT2D eigenvalue weighted by Crippen LogP contribution is 2.39. The lowest BCUT2D eigenvalue weighted by Gasteiger charge is -2.09. The molecule has 0 amide bonds. The number of fused-ring (bicyclic) bond motifs is 1. The summed E-state index contributed by atoms with van der Waals surface area (Å²) in [6.45, 7) is 0.545. The lowest BCUT2D eigenvalue weighted by atomic mass is 10.2. The molecule has 1 aromatic heterocycles. The van der Waals surface area contributed by atoms with E-state index >= 15 is 0 Å². The molecule has 5 heteroatoms. The first-order valence-electron chi connectivity index (χ1n) is 4.06. The van der Waals surface area contributed by atoms with Crippen LogP contribution in [0, 0.1) is 0 Å². The van der Waals surface area contributed by atoms with Crippen molar-refractivity contribution in [1.82, 2.24) is 5.48 Å². The van der Waals surface area contributed by atoms with E-state index in [4.69, 9.17) is 5.21 Å². The molecule has 0 unspecified atom stereocenters. The highest BCUT2D eigenvalue weighted by atomic mass is 79.9. The van der Waals surface area contributed by atoms with E-state index < -0.39 is 0 Å². The van der Waals surface area contributed by atoms with Gasteiger partial charge in [0.2, 0.25) is 0 Å². The van der Waals surface area contributed by atoms with Gasteiger partial charge in [0.25, 0.3) is 0 Å². The van der Waals surface area contributed by atoms with E-state index in [1.165, 1.54) is 32.0 Å². The zero-order valence-corrected chi connectivity index (χ0v) is 10.2. The fourth-order valence-electron chi connectivity index (χ4n) is 1.42. The van der Waals surface area contributed by atoms with Gasteiger partial charge in [-0.05, 0) is 33.7 Å². The normalized spacial score (nSPS) is 15.8. The predicted molar refractivity (Wildman–Crippen MR) is 60.5 cm³/mol. The van der Waals surface area contributed by atoms with Crippen molar-refractivity contribution in [2.24, 2.45) is 0 Å². The SMILES string of the molecule is ONCc1sc2c(c1Br)CSCC2. The number of aryl methyl sites for hydroxylation is 1. The van der Waals surface area contributed by atoms with Gasteiger partial charge in [0, 0.05) is 20.0 Å². The third-order valence-corrected chi connectivity index (χ3v) is 5.55. The van der Waals surface area contributed by atoms with Crippen LogP contribution in [0.15, 0.2) is 4.47 Å². The molecule has 1 aliphatic heterocycles. The Morgan fingerprint density at radius 2 is 2.38 bits per heavy atom. The van der Waals surface area contributed by atoms with Crippen LogP contribution in [0.25, 0.3) is 0 Å². The van der Waals surface area contributed by atoms with Crippen LogP contribution in [0.2, 0.25) is 0 Å². The van der Waals surface area contributed by atoms with Gasteiger partial charge in [-0.2, -0.15) is 11.8 Å². The summed E-state index contributed by atoms with van der Waals surface area (Å²) in [5.74, 6) is 2.34. The Hall–Kier alpha value is 0.450. The maximum Gasteiger partial charge on any atom is 0.0563 e. The fourth-order valence-corrected chi connectivity index (χ4v) is 4.88. The Labute approximate surface area is 93.8 Å². The zero-order valence-electron chi connectivity index (χ0n) is 6.97. The average Bonchev–Trinajstić information content (AvgIpc) is 2.46. The van der Waals surface area contributed by atoms with Crippen LogP contribution in [0.1, 0.15) is 15.3 Å². The molecule has 72 valence electrons. The smallest absolute Gasteiger partial charge is 0.0563 e. The quantitative estimate of drug-likeness (QED) is 0.817. The number of hydrogen-bond acceptors (Lipinski definition) is 4. The van der Waals surface area contributed by atoms with E-state index in [-0.39, 0.29) is 0 Å². The minimum atomic E-state index is 0.545. The second-order valence-electron chi connectivity index (χ2n) is 2.88. The van der Waals surface area contributed by atoms with Crippen molar-refractivity contribution in [3.8, 4) is 0 Å². The zero-order chi connectivity index (χ0) is 9.26. The van der Waals surface area contributed by atoms with Gasteiger partial charge in [0.1, 0.15) is 0 Å². The first-order valence-corrected chi connectivity index (χ1v) is 6.83. The number of halogens is 1. The molecule has 13 heavy (non-hydrogen) atoms. The van der Waals surface area contributed by atoms with Crippen LogP contribution >= 0.6 is 39.0 Å². The van der Waals surface area contributed by atoms with Crippen molar-refractivity contribution >= 4 is 39.0 Å². The molecule has 2 N–H and O–H groups in total. The third-order valence-electron chi connectivity index (χ3n) is 2.05. The van der Waals surface area contributed by atoms with Crippen LogP contribution in [0.4, 0.5) is 0 Å². The van der Waals surface area contributed by atoms with Gasteiger partial charge in [-0.1, -0.05) is 0 Å². The second-order valence-corrected chi connectivity index (χ2v) is 5.97. The predicted octanol–water partition coefficient (Wildman–Crippen LogP) is 2.78. The first-order chi connectivity index (χ1) is 6.33. The molecule has 2 nitrogen and oxygen atoms in total. The lowest BCUT2D eigenvalue weighted by molar-refractivity contribution is 0.162. The largest absolute Gasteiger partial charge is 0.316 e. The summed E-state index contributed by atoms with van der Waals surface area (Å²) in [4.78, 5) is 2.69. The lowest BCUT2D eigenvalue weighted by Crippen LogP contribution is -2.04. The molecule has 0 aliphatic carbocycles. The van der Waals surface area contributed by atoms with Crippen molar-refractivity contribution in [3.63, 3.8) is 0 Å². The molecule has 0 radical (unpaired) electrons. The number of thioether (sulfide) groups is 1. The van der Waals surface area contributed by atoms with Crippen molar-refractivity contribution in [2.45, 2.75) is 18.7 Å². The Morgan fingerprint density at radius 3 is 3.08 bits per heavy atom. The molecule has 0 spiro atoms. The summed E-state index contributed by atoms with van der Waals surface area (Å²) in [6.07, 6.45) is 1.18. The molecule has 0 bridgehead atoms. The van der Waals surface area contributed by atoms with E-state index in [2.05, 4.69) is 21.4 Å². The first kappa shape index (κ1) is 9.98. The third kappa shape index (κ3) is 1.94. The van der Waals surface area contributed by atoms with Gasteiger partial charge >= 0.3 is 0 Å². The van der Waals surface area contributed by atoms with Crippen LogP contribution in [-0.2, 0) is 18.7 Å². The van der Waals surface area contributed by atoms with Gasteiger partial charge in [-0.3, -0.25) is 0 Å². The molecule has 2 heterocycles. The highest BCUT2D eigenvalue weighted by molar-refractivity contribution is 9.10. The Kier molecular flexibility index (Phi) is 3.31. The maximum absolute atomic E-state index is 8.64. The van der Waals surface area contributed by atoms with Gasteiger partial charge in [0.15, 0.2) is 0 Å². The van der Waals surface area contributed by atoms with Crippen molar-refractivity contribution in [1.29, 1.82) is 0 Å². The van der Waals surface area contributed by atoms with Crippen LogP contribution < -0.4 is 5.48 Å². The van der Waals surface area contributed by atoms with Crippen molar-refractivity contribution in [2.75, 3.05) is 5.75 Å². The van der Waals surface area contributed by atoms with E-state index in [1.807, 2.05) is 11.8 Å². The van der Waals surface area contributed by atoms with E-state index in [1.54, 1.807) is 11.3 Å². The minimum Gasteiger partial charge on any atom is -0.316 e. The molecule has 0 atom stereocenters. The molecule has 0 saturated carbocycles. The van der Waals surface area contributed by atoms with Gasteiger partial charge < -0.3 is 5.21 Å². The molecule has 0 aromatic carbocycles. The maximum atomic E-state index is 8.64. The monoisotopic (exact) mass is 279 g/mol. The molecular formula is C8H10BrNOS2. The number of nitrogens with one attached hydrogen (secondary N) is 1. The summed E-state index contributed by atoms with van der Waals surface area (Å²) in [5, 5.41) is 8.64. The highest BCUT2D eigenvalue weighted by Gasteiger charge is 2.18. The number of rotatable bonds is 2. The molecule has 0 fully saturated rings.